The third-order valence-electron chi connectivity index (χ3n) is 6.94. The highest BCUT2D eigenvalue weighted by Crippen LogP contribution is 2.42. The zero-order chi connectivity index (χ0) is 27.8. The van der Waals surface area contributed by atoms with Crippen molar-refractivity contribution < 1.29 is 27.9 Å². The molecule has 2 unspecified atom stereocenters. The number of nitrogens with one attached hydrogen (secondary N) is 2. The highest BCUT2D eigenvalue weighted by Gasteiger charge is 2.39. The number of halogens is 3. The minimum Gasteiger partial charge on any atom is -0.389 e. The third kappa shape index (κ3) is 6.45. The van der Waals surface area contributed by atoms with Gasteiger partial charge in [-0.25, -0.2) is 9.97 Å². The molecule has 208 valence electrons. The second-order valence-corrected chi connectivity index (χ2v) is 11.8. The fourth-order valence-electron chi connectivity index (χ4n) is 4.68. The molecule has 2 fully saturated rings. The normalized spacial score (nSPS) is 18.9. The maximum absolute atomic E-state index is 14.3. The summed E-state index contributed by atoms with van der Waals surface area (Å²) in [5.41, 5.74) is -2.64. The van der Waals surface area contributed by atoms with Gasteiger partial charge in [0.2, 0.25) is 0 Å². The Hall–Kier alpha value is -2.73. The molecule has 2 aromatic rings. The number of anilines is 1. The zero-order valence-electron chi connectivity index (χ0n) is 22.0. The molecule has 0 bridgehead atoms. The molecule has 38 heavy (non-hydrogen) atoms. The number of amides is 2. The molecular formula is C26H34F3N5O3S. The summed E-state index contributed by atoms with van der Waals surface area (Å²) in [6, 6.07) is 0.920. The summed E-state index contributed by atoms with van der Waals surface area (Å²) in [6.45, 7) is 7.24. The smallest absolute Gasteiger partial charge is 0.389 e. The Labute approximate surface area is 224 Å². The molecule has 2 aromatic heterocycles. The van der Waals surface area contributed by atoms with Crippen LogP contribution in [0.25, 0.3) is 10.4 Å². The van der Waals surface area contributed by atoms with Crippen LogP contribution >= 0.6 is 11.3 Å². The van der Waals surface area contributed by atoms with Crippen molar-refractivity contribution in [2.45, 2.75) is 83.7 Å². The molecule has 0 radical (unpaired) electrons. The number of nitrogens with zero attached hydrogens (tertiary/aromatic N) is 3. The SMILES string of the molecule is CCC(Nc1cc(C(F)(F)F)c(-c2sc(C(=O)NCC(C)(C)O)nc2C(=O)N2CCCC2C)cn1)C1CC1. The number of aliphatic hydroxyl groups is 1. The molecule has 12 heteroatoms. The van der Waals surface area contributed by atoms with Gasteiger partial charge in [0, 0.05) is 36.9 Å². The van der Waals surface area contributed by atoms with Gasteiger partial charge in [-0.15, -0.1) is 11.3 Å². The van der Waals surface area contributed by atoms with E-state index >= 15 is 0 Å². The van der Waals surface area contributed by atoms with Gasteiger partial charge in [0.15, 0.2) is 5.01 Å². The summed E-state index contributed by atoms with van der Waals surface area (Å²) in [5.74, 6) is -0.651. The fourth-order valence-corrected chi connectivity index (χ4v) is 5.68. The number of carbonyl (C=O) groups excluding carboxylic acids is 2. The number of aromatic nitrogens is 2. The summed E-state index contributed by atoms with van der Waals surface area (Å²) in [5, 5.41) is 15.5. The van der Waals surface area contributed by atoms with Crippen molar-refractivity contribution in [3.05, 3.63) is 28.5 Å². The molecular weight excluding hydrogens is 519 g/mol. The molecule has 0 aromatic carbocycles. The average Bonchev–Trinajstić information content (AvgIpc) is 3.44. The molecule has 1 aliphatic heterocycles. The Morgan fingerprint density at radius 3 is 2.53 bits per heavy atom. The molecule has 3 heterocycles. The molecule has 4 rings (SSSR count). The van der Waals surface area contributed by atoms with Crippen molar-refractivity contribution >= 4 is 29.0 Å². The van der Waals surface area contributed by atoms with Crippen molar-refractivity contribution in [1.29, 1.82) is 0 Å². The summed E-state index contributed by atoms with van der Waals surface area (Å²) in [4.78, 5) is 36.3. The van der Waals surface area contributed by atoms with Gasteiger partial charge in [0.05, 0.1) is 16.0 Å². The molecule has 0 spiro atoms. The van der Waals surface area contributed by atoms with E-state index in [0.29, 0.717) is 23.8 Å². The highest BCUT2D eigenvalue weighted by molar-refractivity contribution is 7.17. The lowest BCUT2D eigenvalue weighted by Gasteiger charge is -2.22. The maximum atomic E-state index is 14.3. The van der Waals surface area contributed by atoms with Gasteiger partial charge in [0.1, 0.15) is 11.5 Å². The Morgan fingerprint density at radius 2 is 1.97 bits per heavy atom. The molecule has 1 aliphatic carbocycles. The largest absolute Gasteiger partial charge is 0.417 e. The second-order valence-electron chi connectivity index (χ2n) is 10.8. The van der Waals surface area contributed by atoms with E-state index in [0.717, 1.165) is 44.4 Å². The number of pyridine rings is 1. The standard InChI is InChI=1S/C26H34F3N5O3S/c1-5-18(15-8-9-15)32-19-11-17(26(27,28)29)16(12-30-19)21-20(24(36)34-10-6-7-14(34)2)33-23(38-21)22(35)31-13-25(3,4)37/h11-12,14-15,18,37H,5-10,13H2,1-4H3,(H,30,32)(H,31,35). The van der Waals surface area contributed by atoms with Crippen LogP contribution in [0.2, 0.25) is 0 Å². The average molecular weight is 554 g/mol. The topological polar surface area (TPSA) is 107 Å². The van der Waals surface area contributed by atoms with Crippen molar-refractivity contribution in [2.75, 3.05) is 18.4 Å². The Kier molecular flexibility index (Phi) is 8.04. The molecule has 1 saturated heterocycles. The molecule has 1 saturated carbocycles. The van der Waals surface area contributed by atoms with E-state index in [1.54, 1.807) is 4.90 Å². The van der Waals surface area contributed by atoms with E-state index in [9.17, 15) is 27.9 Å². The molecule has 3 N–H and O–H groups in total. The van der Waals surface area contributed by atoms with Gasteiger partial charge in [-0.2, -0.15) is 13.2 Å². The van der Waals surface area contributed by atoms with Crippen LogP contribution in [0, 0.1) is 5.92 Å². The quantitative estimate of drug-likeness (QED) is 0.406. The van der Waals surface area contributed by atoms with Crippen LogP contribution in [0.1, 0.15) is 85.7 Å². The first-order valence-electron chi connectivity index (χ1n) is 12.9. The number of alkyl halides is 3. The van der Waals surface area contributed by atoms with Crippen LogP contribution in [0.5, 0.6) is 0 Å². The number of likely N-dealkylation sites (tertiary alicyclic amines) is 1. The second kappa shape index (κ2) is 10.8. The number of rotatable bonds is 9. The van der Waals surface area contributed by atoms with Gasteiger partial charge in [0.25, 0.3) is 11.8 Å². The van der Waals surface area contributed by atoms with Crippen molar-refractivity contribution in [3.8, 4) is 10.4 Å². The summed E-state index contributed by atoms with van der Waals surface area (Å²) < 4.78 is 43.0. The molecule has 2 aliphatic rings. The van der Waals surface area contributed by atoms with Crippen LogP contribution in [0.15, 0.2) is 12.3 Å². The van der Waals surface area contributed by atoms with E-state index in [1.807, 2.05) is 13.8 Å². The monoisotopic (exact) mass is 553 g/mol. The van der Waals surface area contributed by atoms with Crippen molar-refractivity contribution in [2.24, 2.45) is 5.92 Å². The van der Waals surface area contributed by atoms with Crippen molar-refractivity contribution in [1.82, 2.24) is 20.2 Å². The van der Waals surface area contributed by atoms with Crippen LogP contribution in [-0.4, -0.2) is 62.6 Å². The van der Waals surface area contributed by atoms with E-state index < -0.39 is 29.2 Å². The summed E-state index contributed by atoms with van der Waals surface area (Å²) in [7, 11) is 0. The Balaban J connectivity index is 1.76. The van der Waals surface area contributed by atoms with Crippen molar-refractivity contribution in [3.63, 3.8) is 0 Å². The zero-order valence-corrected chi connectivity index (χ0v) is 22.8. The van der Waals surface area contributed by atoms with E-state index in [4.69, 9.17) is 0 Å². The van der Waals surface area contributed by atoms with Crippen LogP contribution in [0.3, 0.4) is 0 Å². The van der Waals surface area contributed by atoms with Gasteiger partial charge in [-0.05, 0) is 64.9 Å². The summed E-state index contributed by atoms with van der Waals surface area (Å²) in [6.07, 6.45) is 0.774. The van der Waals surface area contributed by atoms with Gasteiger partial charge < -0.3 is 20.6 Å². The molecule has 2 amide bonds. The Bertz CT molecular complexity index is 1190. The first-order valence-corrected chi connectivity index (χ1v) is 13.8. The van der Waals surface area contributed by atoms with Gasteiger partial charge in [-0.1, -0.05) is 6.92 Å². The first kappa shape index (κ1) is 28.3. The lowest BCUT2D eigenvalue weighted by Crippen LogP contribution is -2.38. The van der Waals surface area contributed by atoms with Crippen LogP contribution in [-0.2, 0) is 6.18 Å². The van der Waals surface area contributed by atoms with Crippen LogP contribution < -0.4 is 10.6 Å². The van der Waals surface area contributed by atoms with Gasteiger partial charge in [-0.3, -0.25) is 9.59 Å². The minimum absolute atomic E-state index is 0.0395. The lowest BCUT2D eigenvalue weighted by molar-refractivity contribution is -0.137. The van der Waals surface area contributed by atoms with E-state index in [-0.39, 0.29) is 45.6 Å². The number of hydrogen-bond acceptors (Lipinski definition) is 7. The lowest BCUT2D eigenvalue weighted by atomic mass is 10.1. The van der Waals surface area contributed by atoms with Gasteiger partial charge >= 0.3 is 6.18 Å². The first-order chi connectivity index (χ1) is 17.8. The highest BCUT2D eigenvalue weighted by atomic mass is 32.1. The van der Waals surface area contributed by atoms with E-state index in [2.05, 4.69) is 20.6 Å². The summed E-state index contributed by atoms with van der Waals surface area (Å²) >= 11 is 0.716. The molecule has 8 nitrogen and oxygen atoms in total. The predicted molar refractivity (Wildman–Crippen MR) is 139 cm³/mol. The number of carbonyl (C=O) groups is 2. The van der Waals surface area contributed by atoms with Crippen LogP contribution in [0.4, 0.5) is 19.0 Å². The number of thiazole rings is 1. The molecule has 2 atom stereocenters. The predicted octanol–water partition coefficient (Wildman–Crippen LogP) is 4.95. The minimum atomic E-state index is -4.73. The third-order valence-corrected chi connectivity index (χ3v) is 8.02. The maximum Gasteiger partial charge on any atom is 0.417 e. The Morgan fingerprint density at radius 1 is 1.26 bits per heavy atom. The number of hydrogen-bond donors (Lipinski definition) is 3. The van der Waals surface area contributed by atoms with E-state index in [1.165, 1.54) is 13.8 Å². The fraction of sp³-hybridized carbons (Fsp3) is 0.615.